The number of aryl methyl sites for hydroxylation is 2. The second-order valence-corrected chi connectivity index (χ2v) is 11.5. The van der Waals surface area contributed by atoms with Crippen molar-refractivity contribution in [1.29, 1.82) is 0 Å². The van der Waals surface area contributed by atoms with Crippen LogP contribution in [0, 0.1) is 0 Å². The van der Waals surface area contributed by atoms with E-state index in [1.165, 1.54) is 11.8 Å². The van der Waals surface area contributed by atoms with Gasteiger partial charge in [-0.3, -0.25) is 24.6 Å². The van der Waals surface area contributed by atoms with Gasteiger partial charge in [0.1, 0.15) is 22.8 Å². The van der Waals surface area contributed by atoms with Crippen LogP contribution in [0.3, 0.4) is 0 Å². The third-order valence-electron chi connectivity index (χ3n) is 6.65. The first-order valence-electron chi connectivity index (χ1n) is 13.5. The summed E-state index contributed by atoms with van der Waals surface area (Å²) in [6.45, 7) is 4.18. The lowest BCUT2D eigenvalue weighted by molar-refractivity contribution is -0.690. The van der Waals surface area contributed by atoms with E-state index in [-0.39, 0.29) is 29.0 Å². The van der Waals surface area contributed by atoms with Gasteiger partial charge in [0, 0.05) is 28.5 Å². The fraction of sp³-hybridized carbons (Fsp3) is 0.296. The summed E-state index contributed by atoms with van der Waals surface area (Å²) in [4.78, 5) is 65.5. The summed E-state index contributed by atoms with van der Waals surface area (Å²) in [6.07, 6.45) is 4.12. The number of rotatable bonds is 10. The van der Waals surface area contributed by atoms with Crippen molar-refractivity contribution in [3.63, 3.8) is 0 Å². The normalized spacial score (nSPS) is 17.9. The molecule has 5 rings (SSSR count). The zero-order chi connectivity index (χ0) is 31.4. The van der Waals surface area contributed by atoms with Gasteiger partial charge in [-0.25, -0.2) is 9.78 Å². The Morgan fingerprint density at radius 1 is 1.16 bits per heavy atom. The van der Waals surface area contributed by atoms with Crippen LogP contribution in [0.15, 0.2) is 59.2 Å². The number of carbonyl (C=O) groups is 4. The Bertz CT molecular complexity index is 1650. The highest BCUT2D eigenvalue weighted by Gasteiger charge is 2.53. The number of carbonyl (C=O) groups excluding carboxylic acids is 4. The van der Waals surface area contributed by atoms with Crippen LogP contribution in [0.1, 0.15) is 31.1 Å². The number of hydrogen-bond donors (Lipinski definition) is 3. The number of fused-ring (bicyclic) bond motifs is 1. The average Bonchev–Trinajstić information content (AvgIpc) is 3.45. The number of carboxylic acids is 1. The van der Waals surface area contributed by atoms with Crippen LogP contribution >= 0.6 is 23.3 Å². The monoisotopic (exact) mass is 637 g/mol. The number of thioether (sulfide) groups is 1. The number of aromatic nitrogens is 4. The minimum absolute atomic E-state index is 0.0309. The molecule has 0 radical (unpaired) electrons. The highest BCUT2D eigenvalue weighted by molar-refractivity contribution is 8.00. The van der Waals surface area contributed by atoms with Gasteiger partial charge in [0.2, 0.25) is 11.5 Å². The van der Waals surface area contributed by atoms with Crippen molar-refractivity contribution in [2.24, 2.45) is 5.16 Å². The summed E-state index contributed by atoms with van der Waals surface area (Å²) in [5, 5.41) is 20.2. The molecule has 2 aromatic heterocycles. The Morgan fingerprint density at radius 2 is 1.86 bits per heavy atom. The Hall–Kier alpha value is -4.90. The van der Waals surface area contributed by atoms with Crippen LogP contribution in [0.5, 0.6) is 0 Å². The molecule has 0 aliphatic carbocycles. The van der Waals surface area contributed by atoms with Gasteiger partial charge in [0.25, 0.3) is 11.8 Å². The van der Waals surface area contributed by atoms with E-state index < -0.39 is 41.0 Å². The van der Waals surface area contributed by atoms with E-state index in [1.54, 1.807) is 30.3 Å². The molecular weight excluding hydrogens is 610 g/mol. The fourth-order valence-electron chi connectivity index (χ4n) is 4.58. The van der Waals surface area contributed by atoms with E-state index in [9.17, 15) is 24.3 Å². The Balaban J connectivity index is 1.33. The molecular formula is C27H27N9O6S2. The molecule has 0 spiro atoms. The smallest absolute Gasteiger partial charge is 0.437 e. The minimum atomic E-state index is -1.49. The number of para-hydroxylation sites is 1. The molecule has 0 saturated carbocycles. The van der Waals surface area contributed by atoms with Crippen molar-refractivity contribution in [2.75, 3.05) is 16.8 Å². The highest BCUT2D eigenvalue weighted by atomic mass is 32.2. The van der Waals surface area contributed by atoms with Crippen molar-refractivity contribution >= 4 is 63.7 Å². The number of nitrogens with zero attached hydrogens (tertiary/aromatic N) is 6. The molecule has 44 heavy (non-hydrogen) atoms. The molecule has 1 saturated heterocycles. The lowest BCUT2D eigenvalue weighted by Crippen LogP contribution is -2.71. The van der Waals surface area contributed by atoms with Crippen molar-refractivity contribution in [1.82, 2.24) is 24.6 Å². The van der Waals surface area contributed by atoms with Gasteiger partial charge >= 0.3 is 6.09 Å². The quantitative estimate of drug-likeness (QED) is 0.0885. The number of oxime groups is 1. The van der Waals surface area contributed by atoms with E-state index in [1.807, 2.05) is 30.8 Å². The summed E-state index contributed by atoms with van der Waals surface area (Å²) in [6, 6.07) is 7.31. The molecule has 2 aliphatic heterocycles. The van der Waals surface area contributed by atoms with E-state index in [4.69, 9.17) is 10.6 Å². The van der Waals surface area contributed by atoms with E-state index in [0.717, 1.165) is 27.8 Å². The summed E-state index contributed by atoms with van der Waals surface area (Å²) >= 11 is 2.08. The van der Waals surface area contributed by atoms with Crippen LogP contribution in [-0.4, -0.2) is 66.0 Å². The molecule has 17 heteroatoms. The fourth-order valence-corrected chi connectivity index (χ4v) is 6.35. The van der Waals surface area contributed by atoms with Crippen LogP contribution in [-0.2, 0) is 38.6 Å². The lowest BCUT2D eigenvalue weighted by Gasteiger charge is -2.50. The van der Waals surface area contributed by atoms with Gasteiger partial charge < -0.3 is 21.0 Å². The lowest BCUT2D eigenvalue weighted by atomic mass is 10.0. The van der Waals surface area contributed by atoms with Crippen molar-refractivity contribution in [2.45, 2.75) is 44.6 Å². The first-order valence-corrected chi connectivity index (χ1v) is 15.3. The number of anilines is 2. The van der Waals surface area contributed by atoms with Gasteiger partial charge in [0.15, 0.2) is 24.1 Å². The first-order chi connectivity index (χ1) is 21.2. The second kappa shape index (κ2) is 13.2. The van der Waals surface area contributed by atoms with E-state index in [0.29, 0.717) is 24.1 Å². The molecule has 2 aliphatic rings. The van der Waals surface area contributed by atoms with Crippen LogP contribution in [0.4, 0.5) is 15.6 Å². The summed E-state index contributed by atoms with van der Waals surface area (Å²) in [5.41, 5.74) is 7.58. The minimum Gasteiger partial charge on any atom is -0.543 e. The largest absolute Gasteiger partial charge is 0.543 e. The molecule has 1 aromatic carbocycles. The van der Waals surface area contributed by atoms with Gasteiger partial charge in [-0.05, 0) is 25.0 Å². The number of nitrogen functional groups attached to an aromatic ring is 1. The van der Waals surface area contributed by atoms with E-state index in [2.05, 4.69) is 30.1 Å². The van der Waals surface area contributed by atoms with Gasteiger partial charge in [-0.1, -0.05) is 37.2 Å². The maximum absolute atomic E-state index is 13.3. The molecule has 1 unspecified atom stereocenters. The van der Waals surface area contributed by atoms with Gasteiger partial charge in [0.05, 0.1) is 11.7 Å². The molecule has 3 amide bonds. The number of nitrogens with two attached hydrogens (primary N) is 1. The first kappa shape index (κ1) is 30.6. The number of hydrogen-bond acceptors (Lipinski definition) is 13. The maximum Gasteiger partial charge on any atom is 0.437 e. The Morgan fingerprint density at radius 3 is 2.48 bits per heavy atom. The SMILES string of the molecule is CCc1c[n+](CC2=C(C(=O)[O-])N3C(=O)C(NC(=O)/C(=N\OC(=O)Nc4ccccc4)c4nsc(N)n4)[C@H]3SC2)cc(CC)n1. The van der Waals surface area contributed by atoms with Crippen molar-refractivity contribution in [3.05, 3.63) is 71.2 Å². The number of amides is 3. The molecule has 228 valence electrons. The summed E-state index contributed by atoms with van der Waals surface area (Å²) in [7, 11) is 0. The zero-order valence-corrected chi connectivity index (χ0v) is 25.2. The van der Waals surface area contributed by atoms with Crippen LogP contribution in [0.25, 0.3) is 0 Å². The molecule has 1 fully saturated rings. The third kappa shape index (κ3) is 6.52. The third-order valence-corrected chi connectivity index (χ3v) is 8.53. The maximum atomic E-state index is 13.3. The Kier molecular flexibility index (Phi) is 9.15. The number of carboxylic acid groups (broad SMARTS) is 1. The summed E-state index contributed by atoms with van der Waals surface area (Å²) < 4.78 is 5.82. The average molecular weight is 638 g/mol. The van der Waals surface area contributed by atoms with Crippen LogP contribution in [0.2, 0.25) is 0 Å². The standard InChI is InChI=1S/C27H27N9O6S2/c1-3-15-11-35(12-16(4-2)29-15)10-14-13-43-24-19(23(38)36(24)20(14)25(39)40)31-22(37)18(21-32-26(28)44-34-21)33-42-27(41)30-17-8-6-5-7-9-17/h5-9,11-12,19,24H,3-4,10,13H2,1-2H3,(H4-,28,30,31,32,34,37,39,40,41)/b33-18-/t19?,24-/m1/s1. The molecule has 4 N–H and O–H groups in total. The van der Waals surface area contributed by atoms with Crippen molar-refractivity contribution < 1.29 is 33.7 Å². The number of benzene rings is 1. The van der Waals surface area contributed by atoms with Crippen LogP contribution < -0.4 is 26.0 Å². The topological polar surface area (TPSA) is 209 Å². The van der Waals surface area contributed by atoms with E-state index >= 15 is 0 Å². The zero-order valence-electron chi connectivity index (χ0n) is 23.6. The Labute approximate surface area is 259 Å². The molecule has 2 atom stereocenters. The predicted octanol–water partition coefficient (Wildman–Crippen LogP) is -0.0155. The molecule has 3 aromatic rings. The molecule has 4 heterocycles. The van der Waals surface area contributed by atoms with Gasteiger partial charge in [-0.15, -0.1) is 11.8 Å². The van der Waals surface area contributed by atoms with Crippen molar-refractivity contribution in [3.8, 4) is 0 Å². The highest BCUT2D eigenvalue weighted by Crippen LogP contribution is 2.40. The predicted molar refractivity (Wildman–Crippen MR) is 158 cm³/mol. The summed E-state index contributed by atoms with van der Waals surface area (Å²) in [5.74, 6) is -3.02. The number of aliphatic carboxylic acids is 1. The van der Waals surface area contributed by atoms with Gasteiger partial charge in [-0.2, -0.15) is 13.9 Å². The molecule has 15 nitrogen and oxygen atoms in total. The number of nitrogens with one attached hydrogen (secondary N) is 2. The molecule has 0 bridgehead atoms. The second-order valence-electron chi connectivity index (χ2n) is 9.60. The number of β-lactam (4-membered cyclic amide) rings is 1.